The molecule has 3 aromatic rings. The molecule has 0 fully saturated rings. The van der Waals surface area contributed by atoms with Crippen LogP contribution in [0.2, 0.25) is 0 Å². The van der Waals surface area contributed by atoms with Crippen molar-refractivity contribution in [3.63, 3.8) is 0 Å². The summed E-state index contributed by atoms with van der Waals surface area (Å²) in [6, 6.07) is 21.6. The molecule has 1 aromatic heterocycles. The number of rotatable bonds is 3. The molecule has 22 heavy (non-hydrogen) atoms. The Morgan fingerprint density at radius 1 is 1.00 bits per heavy atom. The first-order chi connectivity index (χ1) is 10.8. The summed E-state index contributed by atoms with van der Waals surface area (Å²) in [5, 5.41) is 12.9. The molecular formula is C18H13N3O. The zero-order valence-corrected chi connectivity index (χ0v) is 11.7. The number of hydrogen-bond acceptors (Lipinski definition) is 3. The van der Waals surface area contributed by atoms with Crippen LogP contribution in [0.15, 0.2) is 66.7 Å². The summed E-state index contributed by atoms with van der Waals surface area (Å²) in [4.78, 5) is 16.6. The van der Waals surface area contributed by atoms with E-state index in [1.165, 1.54) is 0 Å². The second-order valence-electron chi connectivity index (χ2n) is 4.84. The lowest BCUT2D eigenvalue weighted by Crippen LogP contribution is -2.28. The highest BCUT2D eigenvalue weighted by Gasteiger charge is 2.15. The van der Waals surface area contributed by atoms with Gasteiger partial charge in [0.05, 0.1) is 11.6 Å². The summed E-state index contributed by atoms with van der Waals surface area (Å²) in [6.45, 7) is 0. The van der Waals surface area contributed by atoms with Crippen molar-refractivity contribution in [2.45, 2.75) is 6.04 Å². The van der Waals surface area contributed by atoms with E-state index in [4.69, 9.17) is 0 Å². The third-order valence-electron chi connectivity index (χ3n) is 3.37. The molecule has 0 aliphatic rings. The first-order valence-corrected chi connectivity index (χ1v) is 6.89. The standard InChI is InChI=1S/C18H13N3O/c19-12-17(13-6-2-1-3-7-13)21-18(22)16-11-10-14-8-4-5-9-15(14)20-16/h1-11,17H,(H,21,22). The number of benzene rings is 2. The molecular weight excluding hydrogens is 274 g/mol. The topological polar surface area (TPSA) is 65.8 Å². The summed E-state index contributed by atoms with van der Waals surface area (Å²) in [6.07, 6.45) is 0. The second kappa shape index (κ2) is 6.06. The Kier molecular flexibility index (Phi) is 3.80. The summed E-state index contributed by atoms with van der Waals surface area (Å²) in [5.41, 5.74) is 1.80. The van der Waals surface area contributed by atoms with Gasteiger partial charge in [0.2, 0.25) is 0 Å². The molecule has 0 saturated carbocycles. The van der Waals surface area contributed by atoms with Crippen LogP contribution >= 0.6 is 0 Å². The van der Waals surface area contributed by atoms with Crippen molar-refractivity contribution in [3.05, 3.63) is 78.0 Å². The minimum atomic E-state index is -0.693. The number of para-hydroxylation sites is 1. The fourth-order valence-electron chi connectivity index (χ4n) is 2.23. The third kappa shape index (κ3) is 2.79. The van der Waals surface area contributed by atoms with E-state index >= 15 is 0 Å². The quantitative estimate of drug-likeness (QED) is 0.804. The van der Waals surface area contributed by atoms with Crippen molar-refractivity contribution in [3.8, 4) is 6.07 Å². The summed E-state index contributed by atoms with van der Waals surface area (Å²) in [7, 11) is 0. The van der Waals surface area contributed by atoms with Crippen LogP contribution in [-0.4, -0.2) is 10.9 Å². The SMILES string of the molecule is N#CC(NC(=O)c1ccc2ccccc2n1)c1ccccc1. The molecule has 0 aliphatic carbocycles. The third-order valence-corrected chi connectivity index (χ3v) is 3.37. The molecule has 3 rings (SSSR count). The van der Waals surface area contributed by atoms with Gasteiger partial charge in [-0.25, -0.2) is 4.98 Å². The largest absolute Gasteiger partial charge is 0.331 e. The highest BCUT2D eigenvalue weighted by atomic mass is 16.1. The Bertz CT molecular complexity index is 853. The van der Waals surface area contributed by atoms with Crippen LogP contribution in [0.5, 0.6) is 0 Å². The number of nitriles is 1. The van der Waals surface area contributed by atoms with Crippen molar-refractivity contribution in [2.24, 2.45) is 0 Å². The van der Waals surface area contributed by atoms with Crippen molar-refractivity contribution in [1.29, 1.82) is 5.26 Å². The zero-order chi connectivity index (χ0) is 15.4. The Hall–Kier alpha value is -3.19. The summed E-state index contributed by atoms with van der Waals surface area (Å²) in [5.74, 6) is -0.360. The van der Waals surface area contributed by atoms with Crippen LogP contribution in [0.1, 0.15) is 22.1 Å². The first-order valence-electron chi connectivity index (χ1n) is 6.89. The molecule has 2 aromatic carbocycles. The Morgan fingerprint density at radius 3 is 2.50 bits per heavy atom. The van der Waals surface area contributed by atoms with Gasteiger partial charge >= 0.3 is 0 Å². The van der Waals surface area contributed by atoms with Gasteiger partial charge < -0.3 is 5.32 Å². The predicted molar refractivity (Wildman–Crippen MR) is 84.0 cm³/mol. The number of aromatic nitrogens is 1. The fraction of sp³-hybridized carbons (Fsp3) is 0.0556. The molecule has 0 spiro atoms. The highest BCUT2D eigenvalue weighted by molar-refractivity contribution is 5.95. The van der Waals surface area contributed by atoms with Crippen molar-refractivity contribution in [1.82, 2.24) is 10.3 Å². The maximum Gasteiger partial charge on any atom is 0.271 e. The average Bonchev–Trinajstić information content (AvgIpc) is 2.59. The highest BCUT2D eigenvalue weighted by Crippen LogP contribution is 2.14. The van der Waals surface area contributed by atoms with E-state index in [9.17, 15) is 10.1 Å². The molecule has 1 atom stereocenters. The molecule has 0 aliphatic heterocycles. The molecule has 0 bridgehead atoms. The van der Waals surface area contributed by atoms with E-state index in [-0.39, 0.29) is 5.91 Å². The number of carbonyl (C=O) groups excluding carboxylic acids is 1. The molecule has 1 heterocycles. The van der Waals surface area contributed by atoms with E-state index in [1.54, 1.807) is 6.07 Å². The van der Waals surface area contributed by atoms with Gasteiger partial charge in [-0.1, -0.05) is 54.6 Å². The lowest BCUT2D eigenvalue weighted by atomic mass is 10.1. The minimum absolute atomic E-state index is 0.301. The lowest BCUT2D eigenvalue weighted by molar-refractivity contribution is 0.0940. The maximum absolute atomic E-state index is 12.3. The van der Waals surface area contributed by atoms with Crippen LogP contribution in [-0.2, 0) is 0 Å². The number of fused-ring (bicyclic) bond motifs is 1. The van der Waals surface area contributed by atoms with Crippen LogP contribution in [0, 0.1) is 11.3 Å². The van der Waals surface area contributed by atoms with Crippen molar-refractivity contribution < 1.29 is 4.79 Å². The van der Waals surface area contributed by atoms with E-state index in [2.05, 4.69) is 16.4 Å². The molecule has 0 radical (unpaired) electrons. The van der Waals surface area contributed by atoms with Gasteiger partial charge in [0.1, 0.15) is 11.7 Å². The lowest BCUT2D eigenvalue weighted by Gasteiger charge is -2.11. The Labute approximate surface area is 128 Å². The van der Waals surface area contributed by atoms with Crippen molar-refractivity contribution in [2.75, 3.05) is 0 Å². The van der Waals surface area contributed by atoms with Gasteiger partial charge in [0.25, 0.3) is 5.91 Å². The van der Waals surface area contributed by atoms with Gasteiger partial charge in [-0.15, -0.1) is 0 Å². The summed E-state index contributed by atoms with van der Waals surface area (Å²) < 4.78 is 0. The predicted octanol–water partition coefficient (Wildman–Crippen LogP) is 3.23. The molecule has 4 nitrogen and oxygen atoms in total. The maximum atomic E-state index is 12.3. The zero-order valence-electron chi connectivity index (χ0n) is 11.7. The molecule has 1 N–H and O–H groups in total. The van der Waals surface area contributed by atoms with Crippen LogP contribution in [0.25, 0.3) is 10.9 Å². The van der Waals surface area contributed by atoms with Crippen LogP contribution in [0.4, 0.5) is 0 Å². The number of amides is 1. The van der Waals surface area contributed by atoms with E-state index in [1.807, 2.05) is 60.7 Å². The van der Waals surface area contributed by atoms with Gasteiger partial charge in [0.15, 0.2) is 0 Å². The molecule has 1 amide bonds. The van der Waals surface area contributed by atoms with E-state index < -0.39 is 6.04 Å². The van der Waals surface area contributed by atoms with E-state index in [0.717, 1.165) is 16.5 Å². The first kappa shape index (κ1) is 13.8. The number of hydrogen-bond donors (Lipinski definition) is 1. The Balaban J connectivity index is 1.85. The van der Waals surface area contributed by atoms with Gasteiger partial charge in [-0.2, -0.15) is 5.26 Å². The second-order valence-corrected chi connectivity index (χ2v) is 4.84. The normalized spacial score (nSPS) is 11.6. The minimum Gasteiger partial charge on any atom is -0.331 e. The summed E-state index contributed by atoms with van der Waals surface area (Å²) >= 11 is 0. The van der Waals surface area contributed by atoms with Gasteiger partial charge in [-0.05, 0) is 17.7 Å². The molecule has 106 valence electrons. The van der Waals surface area contributed by atoms with E-state index in [0.29, 0.717) is 5.69 Å². The monoisotopic (exact) mass is 287 g/mol. The van der Waals surface area contributed by atoms with Gasteiger partial charge in [0, 0.05) is 5.39 Å². The molecule has 4 heteroatoms. The molecule has 1 unspecified atom stereocenters. The number of pyridine rings is 1. The number of nitrogens with one attached hydrogen (secondary N) is 1. The number of carbonyl (C=O) groups is 1. The molecule has 0 saturated heterocycles. The van der Waals surface area contributed by atoms with Crippen molar-refractivity contribution >= 4 is 16.8 Å². The Morgan fingerprint density at radius 2 is 1.73 bits per heavy atom. The smallest absolute Gasteiger partial charge is 0.271 e. The number of nitrogens with zero attached hydrogens (tertiary/aromatic N) is 2. The average molecular weight is 287 g/mol. The fourth-order valence-corrected chi connectivity index (χ4v) is 2.23. The van der Waals surface area contributed by atoms with Gasteiger partial charge in [-0.3, -0.25) is 4.79 Å². The van der Waals surface area contributed by atoms with Crippen LogP contribution < -0.4 is 5.32 Å². The van der Waals surface area contributed by atoms with Crippen LogP contribution in [0.3, 0.4) is 0 Å².